The Hall–Kier alpha value is -2.14. The molecule has 0 saturated carbocycles. The Bertz CT molecular complexity index is 709. The maximum Gasteiger partial charge on any atom is 0.331 e. The van der Waals surface area contributed by atoms with E-state index in [9.17, 15) is 4.79 Å². The summed E-state index contributed by atoms with van der Waals surface area (Å²) in [4.78, 5) is 12.2. The van der Waals surface area contributed by atoms with Crippen molar-refractivity contribution < 1.29 is 9.53 Å². The molecule has 1 N–H and O–H groups in total. The molecule has 4 nitrogen and oxygen atoms in total. The van der Waals surface area contributed by atoms with Crippen molar-refractivity contribution in [3.05, 3.63) is 60.2 Å². The summed E-state index contributed by atoms with van der Waals surface area (Å²) in [5.41, 5.74) is 2.12. The van der Waals surface area contributed by atoms with Crippen LogP contribution in [0.2, 0.25) is 0 Å². The molecule has 5 heteroatoms. The van der Waals surface area contributed by atoms with Crippen LogP contribution in [0.5, 0.6) is 5.75 Å². The van der Waals surface area contributed by atoms with Gasteiger partial charge in [0.25, 0.3) is 0 Å². The first-order valence-electron chi connectivity index (χ1n) is 10.7. The summed E-state index contributed by atoms with van der Waals surface area (Å²) in [6.07, 6.45) is 8.89. The number of hydrogen-bond acceptors (Lipinski definition) is 3. The van der Waals surface area contributed by atoms with E-state index < -0.39 is 0 Å². The predicted molar refractivity (Wildman–Crippen MR) is 125 cm³/mol. The molecule has 0 fully saturated rings. The summed E-state index contributed by atoms with van der Waals surface area (Å²) in [6, 6.07) is 17.9. The molecule has 0 bridgehead atoms. The maximum atomic E-state index is 12.2. The number of aryl methyl sites for hydroxylation is 1. The molecule has 2 aromatic carbocycles. The third-order valence-corrected chi connectivity index (χ3v) is 5.15. The minimum atomic E-state index is -0.206. The van der Waals surface area contributed by atoms with E-state index in [1.165, 1.54) is 29.1 Å². The molecule has 29 heavy (non-hydrogen) atoms. The molecule has 0 radical (unpaired) electrons. The quantitative estimate of drug-likeness (QED) is 0.281. The highest BCUT2D eigenvalue weighted by molar-refractivity contribution is 7.78. The second-order valence-corrected chi connectivity index (χ2v) is 7.77. The molecule has 0 aliphatic carbocycles. The summed E-state index contributed by atoms with van der Waals surface area (Å²) in [7, 11) is 0. The Morgan fingerprint density at radius 2 is 1.76 bits per heavy atom. The highest BCUT2D eigenvalue weighted by Gasteiger charge is 2.09. The lowest BCUT2D eigenvalue weighted by molar-refractivity contribution is 0.238. The van der Waals surface area contributed by atoms with Gasteiger partial charge in [0.2, 0.25) is 0 Å². The third-order valence-electron chi connectivity index (χ3n) is 4.76. The lowest BCUT2D eigenvalue weighted by Gasteiger charge is -2.17. The lowest BCUT2D eigenvalue weighted by atomic mass is 10.1. The minimum Gasteiger partial charge on any atom is -0.494 e. The highest BCUT2D eigenvalue weighted by Crippen LogP contribution is 2.19. The van der Waals surface area contributed by atoms with Crippen LogP contribution in [0.3, 0.4) is 0 Å². The predicted octanol–water partition coefficient (Wildman–Crippen LogP) is 6.74. The van der Waals surface area contributed by atoms with Crippen LogP contribution >= 0.6 is 12.8 Å². The van der Waals surface area contributed by atoms with Gasteiger partial charge in [0.05, 0.1) is 6.61 Å². The largest absolute Gasteiger partial charge is 0.494 e. The molecule has 2 amide bonds. The van der Waals surface area contributed by atoms with E-state index in [-0.39, 0.29) is 6.03 Å². The van der Waals surface area contributed by atoms with Crippen LogP contribution in [0.25, 0.3) is 0 Å². The zero-order valence-corrected chi connectivity index (χ0v) is 18.4. The van der Waals surface area contributed by atoms with Gasteiger partial charge in [-0.05, 0) is 49.8 Å². The van der Waals surface area contributed by atoms with Gasteiger partial charge < -0.3 is 10.1 Å². The second-order valence-electron chi connectivity index (χ2n) is 7.29. The fraction of sp³-hybridized carbons (Fsp3) is 0.458. The van der Waals surface area contributed by atoms with Crippen LogP contribution in [0, 0.1) is 0 Å². The van der Waals surface area contributed by atoms with Crippen LogP contribution in [-0.2, 0) is 6.42 Å². The van der Waals surface area contributed by atoms with E-state index in [1.807, 2.05) is 24.3 Å². The van der Waals surface area contributed by atoms with E-state index in [0.717, 1.165) is 43.5 Å². The summed E-state index contributed by atoms with van der Waals surface area (Å²) >= 11 is 4.29. The first-order valence-corrected chi connectivity index (χ1v) is 11.1. The number of nitrogens with zero attached hydrogens (tertiary/aromatic N) is 1. The van der Waals surface area contributed by atoms with Crippen molar-refractivity contribution in [3.63, 3.8) is 0 Å². The Morgan fingerprint density at radius 3 is 2.55 bits per heavy atom. The third kappa shape index (κ3) is 9.75. The van der Waals surface area contributed by atoms with Gasteiger partial charge in [-0.3, -0.25) is 4.31 Å². The van der Waals surface area contributed by atoms with Crippen molar-refractivity contribution in [3.8, 4) is 5.75 Å². The van der Waals surface area contributed by atoms with E-state index in [0.29, 0.717) is 13.2 Å². The van der Waals surface area contributed by atoms with E-state index in [4.69, 9.17) is 4.74 Å². The van der Waals surface area contributed by atoms with Crippen molar-refractivity contribution in [1.29, 1.82) is 0 Å². The lowest BCUT2D eigenvalue weighted by Crippen LogP contribution is -2.27. The summed E-state index contributed by atoms with van der Waals surface area (Å²) in [6.45, 7) is 3.50. The first kappa shape index (κ1) is 23.1. The van der Waals surface area contributed by atoms with Crippen LogP contribution in [0.4, 0.5) is 10.5 Å². The van der Waals surface area contributed by atoms with Crippen LogP contribution < -0.4 is 10.1 Å². The van der Waals surface area contributed by atoms with Crippen LogP contribution in [-0.4, -0.2) is 23.5 Å². The van der Waals surface area contributed by atoms with Gasteiger partial charge in [-0.1, -0.05) is 75.4 Å². The van der Waals surface area contributed by atoms with Crippen molar-refractivity contribution in [2.45, 2.75) is 58.3 Å². The Balaban J connectivity index is 1.64. The number of benzene rings is 2. The Kier molecular flexibility index (Phi) is 11.1. The van der Waals surface area contributed by atoms with Crippen molar-refractivity contribution in [1.82, 2.24) is 4.31 Å². The molecule has 0 unspecified atom stereocenters. The number of thiol groups is 1. The van der Waals surface area contributed by atoms with Gasteiger partial charge >= 0.3 is 6.03 Å². The number of anilines is 1. The number of rotatable bonds is 13. The topological polar surface area (TPSA) is 41.6 Å². The molecule has 2 aromatic rings. The molecule has 0 atom stereocenters. The smallest absolute Gasteiger partial charge is 0.331 e. The van der Waals surface area contributed by atoms with Crippen molar-refractivity contribution in [2.75, 3.05) is 18.5 Å². The Morgan fingerprint density at radius 1 is 0.966 bits per heavy atom. The Labute approximate surface area is 181 Å². The average molecular weight is 415 g/mol. The molecule has 0 spiro atoms. The maximum absolute atomic E-state index is 12.2. The average Bonchev–Trinajstić information content (AvgIpc) is 2.74. The van der Waals surface area contributed by atoms with Crippen LogP contribution in [0.15, 0.2) is 54.6 Å². The first-order chi connectivity index (χ1) is 14.2. The zero-order valence-electron chi connectivity index (χ0n) is 17.5. The van der Waals surface area contributed by atoms with Crippen molar-refractivity contribution in [2.24, 2.45) is 0 Å². The summed E-state index contributed by atoms with van der Waals surface area (Å²) in [5.74, 6) is 0.777. The molecule has 0 aliphatic heterocycles. The fourth-order valence-corrected chi connectivity index (χ4v) is 3.28. The highest BCUT2D eigenvalue weighted by atomic mass is 32.1. The molecule has 0 aromatic heterocycles. The number of ether oxygens (including phenoxy) is 1. The van der Waals surface area contributed by atoms with Gasteiger partial charge in [-0.15, -0.1) is 0 Å². The van der Waals surface area contributed by atoms with Crippen LogP contribution in [0.1, 0.15) is 57.4 Å². The molecule has 158 valence electrons. The van der Waals surface area contributed by atoms with Gasteiger partial charge in [-0.2, -0.15) is 0 Å². The molecule has 0 aliphatic rings. The fourth-order valence-electron chi connectivity index (χ4n) is 3.08. The standard InChI is InChI=1S/C24H34N2O2S/c1-2-3-4-10-18-26(29)24(27)25-22-16-12-17-23(20-22)28-19-11-6-9-15-21-13-7-5-8-14-21/h5,7-8,12-14,16-17,20,29H,2-4,6,9-11,15,18-19H2,1H3,(H,25,27). The number of amides is 2. The van der Waals surface area contributed by atoms with Gasteiger partial charge in [0, 0.05) is 18.3 Å². The van der Waals surface area contributed by atoms with Crippen molar-refractivity contribution >= 4 is 24.5 Å². The molecule has 0 saturated heterocycles. The summed E-state index contributed by atoms with van der Waals surface area (Å²) in [5, 5.41) is 2.88. The number of hydrogen-bond donors (Lipinski definition) is 2. The van der Waals surface area contributed by atoms with Gasteiger partial charge in [-0.25, -0.2) is 4.79 Å². The number of unbranched alkanes of at least 4 members (excludes halogenated alkanes) is 5. The monoisotopic (exact) mass is 414 g/mol. The molecule has 2 rings (SSSR count). The number of nitrogens with one attached hydrogen (secondary N) is 1. The molecular formula is C24H34N2O2S. The van der Waals surface area contributed by atoms with E-state index in [1.54, 1.807) is 0 Å². The minimum absolute atomic E-state index is 0.206. The van der Waals surface area contributed by atoms with Gasteiger partial charge in [0.15, 0.2) is 0 Å². The molecule has 0 heterocycles. The number of carbonyl (C=O) groups is 1. The van der Waals surface area contributed by atoms with Gasteiger partial charge in [0.1, 0.15) is 5.75 Å². The van der Waals surface area contributed by atoms with E-state index in [2.05, 4.69) is 55.4 Å². The second kappa shape index (κ2) is 13.9. The number of carbonyl (C=O) groups excluding carboxylic acids is 1. The number of urea groups is 1. The molecular weight excluding hydrogens is 380 g/mol. The SMILES string of the molecule is CCCCCCN(S)C(=O)Nc1cccc(OCCCCCc2ccccc2)c1. The summed E-state index contributed by atoms with van der Waals surface area (Å²) < 4.78 is 7.29. The van der Waals surface area contributed by atoms with E-state index >= 15 is 0 Å². The zero-order chi connectivity index (χ0) is 20.7. The normalized spacial score (nSPS) is 10.6.